The Morgan fingerprint density at radius 1 is 1.14 bits per heavy atom. The minimum atomic E-state index is -3.71. The van der Waals surface area contributed by atoms with E-state index in [1.165, 1.54) is 16.6 Å². The molecule has 0 aliphatic rings. The van der Waals surface area contributed by atoms with Gasteiger partial charge in [0.25, 0.3) is 10.0 Å². The number of rotatable bonds is 7. The maximum Gasteiger partial charge on any atom is 0.261 e. The van der Waals surface area contributed by atoms with Crippen LogP contribution < -0.4 is 0 Å². The minimum Gasteiger partial charge on any atom is -0.396 e. The average Bonchev–Trinajstić information content (AvgIpc) is 2.54. The summed E-state index contributed by atoms with van der Waals surface area (Å²) in [5, 5.41) is 9.17. The first-order valence-corrected chi connectivity index (χ1v) is 8.57. The number of benzene rings is 1. The van der Waals surface area contributed by atoms with E-state index < -0.39 is 10.0 Å². The first-order valence-electron chi connectivity index (χ1n) is 7.13. The molecule has 0 saturated carbocycles. The Bertz CT molecular complexity index is 675. The van der Waals surface area contributed by atoms with E-state index in [0.29, 0.717) is 6.42 Å². The van der Waals surface area contributed by atoms with Crippen LogP contribution in [0.3, 0.4) is 0 Å². The summed E-state index contributed by atoms with van der Waals surface area (Å²) in [6.45, 7) is 1.98. The van der Waals surface area contributed by atoms with Gasteiger partial charge in [0.15, 0.2) is 5.03 Å². The molecule has 1 N–H and O–H groups in total. The maximum atomic E-state index is 12.8. The van der Waals surface area contributed by atoms with Crippen molar-refractivity contribution in [1.29, 1.82) is 0 Å². The van der Waals surface area contributed by atoms with Crippen molar-refractivity contribution < 1.29 is 13.5 Å². The minimum absolute atomic E-state index is 0.0238. The summed E-state index contributed by atoms with van der Waals surface area (Å²) in [7, 11) is -3.71. The predicted molar refractivity (Wildman–Crippen MR) is 84.6 cm³/mol. The third kappa shape index (κ3) is 3.91. The van der Waals surface area contributed by atoms with Gasteiger partial charge >= 0.3 is 0 Å². The molecular weight excluding hydrogens is 300 g/mol. The van der Waals surface area contributed by atoms with E-state index in [0.717, 1.165) is 5.56 Å². The van der Waals surface area contributed by atoms with Crippen LogP contribution >= 0.6 is 0 Å². The Hall–Kier alpha value is -1.76. The zero-order valence-corrected chi connectivity index (χ0v) is 13.3. The lowest BCUT2D eigenvalue weighted by Crippen LogP contribution is -2.39. The summed E-state index contributed by atoms with van der Waals surface area (Å²) in [4.78, 5) is 3.96. The first-order chi connectivity index (χ1) is 10.6. The number of sulfonamides is 1. The SMILES string of the molecule is CC(CCO)N(Cc1ccccc1)S(=O)(=O)c1ccccn1. The lowest BCUT2D eigenvalue weighted by Gasteiger charge is -2.27. The van der Waals surface area contributed by atoms with Crippen LogP contribution in [0.15, 0.2) is 59.8 Å². The van der Waals surface area contributed by atoms with Crippen molar-refractivity contribution in [3.05, 3.63) is 60.3 Å². The summed E-state index contributed by atoms with van der Waals surface area (Å²) < 4.78 is 27.1. The van der Waals surface area contributed by atoms with Crippen molar-refractivity contribution in [3.8, 4) is 0 Å². The van der Waals surface area contributed by atoms with Crippen LogP contribution in [0, 0.1) is 0 Å². The van der Waals surface area contributed by atoms with Gasteiger partial charge < -0.3 is 5.11 Å². The lowest BCUT2D eigenvalue weighted by atomic mass is 10.2. The normalized spacial score (nSPS) is 13.2. The van der Waals surface area contributed by atoms with Gasteiger partial charge in [-0.15, -0.1) is 0 Å². The third-order valence-electron chi connectivity index (χ3n) is 3.43. The number of aliphatic hydroxyl groups excluding tert-OH is 1. The highest BCUT2D eigenvalue weighted by atomic mass is 32.2. The largest absolute Gasteiger partial charge is 0.396 e. The fourth-order valence-corrected chi connectivity index (χ4v) is 3.77. The number of pyridine rings is 1. The molecule has 0 bridgehead atoms. The van der Waals surface area contributed by atoms with E-state index in [-0.39, 0.29) is 24.2 Å². The van der Waals surface area contributed by atoms with E-state index in [2.05, 4.69) is 4.98 Å². The van der Waals surface area contributed by atoms with Gasteiger partial charge in [-0.2, -0.15) is 4.31 Å². The van der Waals surface area contributed by atoms with Crippen LogP contribution in [0.2, 0.25) is 0 Å². The highest BCUT2D eigenvalue weighted by Crippen LogP contribution is 2.20. The second kappa shape index (κ2) is 7.49. The molecule has 5 nitrogen and oxygen atoms in total. The zero-order valence-electron chi connectivity index (χ0n) is 12.5. The van der Waals surface area contributed by atoms with Crippen LogP contribution in [0.5, 0.6) is 0 Å². The Morgan fingerprint density at radius 2 is 1.82 bits per heavy atom. The van der Waals surface area contributed by atoms with E-state index >= 15 is 0 Å². The van der Waals surface area contributed by atoms with Gasteiger partial charge in [0, 0.05) is 25.4 Å². The quantitative estimate of drug-likeness (QED) is 0.847. The predicted octanol–water partition coefficient (Wildman–Crippen LogP) is 2.04. The molecule has 1 aromatic carbocycles. The molecule has 118 valence electrons. The molecule has 0 aliphatic heterocycles. The van der Waals surface area contributed by atoms with E-state index in [1.54, 1.807) is 19.1 Å². The third-order valence-corrected chi connectivity index (χ3v) is 5.31. The molecule has 0 aliphatic carbocycles. The standard InChI is InChI=1S/C16H20N2O3S/c1-14(10-12-19)18(13-15-7-3-2-4-8-15)22(20,21)16-9-5-6-11-17-16/h2-9,11,14,19H,10,12-13H2,1H3. The van der Waals surface area contributed by atoms with Crippen molar-refractivity contribution in [1.82, 2.24) is 9.29 Å². The molecule has 0 radical (unpaired) electrons. The molecule has 2 aromatic rings. The Kier molecular flexibility index (Phi) is 5.65. The monoisotopic (exact) mass is 320 g/mol. The summed E-state index contributed by atoms with van der Waals surface area (Å²) in [5.74, 6) is 0. The van der Waals surface area contributed by atoms with Crippen molar-refractivity contribution in [3.63, 3.8) is 0 Å². The second-order valence-electron chi connectivity index (χ2n) is 5.07. The number of aromatic nitrogens is 1. The van der Waals surface area contributed by atoms with Crippen molar-refractivity contribution in [2.75, 3.05) is 6.61 Å². The highest BCUT2D eigenvalue weighted by Gasteiger charge is 2.29. The topological polar surface area (TPSA) is 70.5 Å². The summed E-state index contributed by atoms with van der Waals surface area (Å²) >= 11 is 0. The molecular formula is C16H20N2O3S. The van der Waals surface area contributed by atoms with Crippen LogP contribution in [0.25, 0.3) is 0 Å². The Labute approximate surface area is 131 Å². The second-order valence-corrected chi connectivity index (χ2v) is 6.90. The molecule has 1 aromatic heterocycles. The molecule has 0 saturated heterocycles. The highest BCUT2D eigenvalue weighted by molar-refractivity contribution is 7.89. The van der Waals surface area contributed by atoms with Crippen LogP contribution in [-0.2, 0) is 16.6 Å². The number of nitrogens with zero attached hydrogens (tertiary/aromatic N) is 2. The fourth-order valence-electron chi connectivity index (χ4n) is 2.19. The smallest absolute Gasteiger partial charge is 0.261 e. The molecule has 0 fully saturated rings. The van der Waals surface area contributed by atoms with Crippen LogP contribution in [0.1, 0.15) is 18.9 Å². The summed E-state index contributed by atoms with van der Waals surface area (Å²) in [6, 6.07) is 13.9. The van der Waals surface area contributed by atoms with Gasteiger partial charge in [0.2, 0.25) is 0 Å². The van der Waals surface area contributed by atoms with Crippen LogP contribution in [0.4, 0.5) is 0 Å². The average molecular weight is 320 g/mol. The summed E-state index contributed by atoms with van der Waals surface area (Å²) in [5.41, 5.74) is 0.895. The van der Waals surface area contributed by atoms with Gasteiger partial charge in [-0.3, -0.25) is 0 Å². The van der Waals surface area contributed by atoms with Crippen molar-refractivity contribution >= 4 is 10.0 Å². The molecule has 1 unspecified atom stereocenters. The lowest BCUT2D eigenvalue weighted by molar-refractivity contribution is 0.230. The van der Waals surface area contributed by atoms with Crippen LogP contribution in [-0.4, -0.2) is 35.5 Å². The Morgan fingerprint density at radius 3 is 2.41 bits per heavy atom. The molecule has 0 amide bonds. The van der Waals surface area contributed by atoms with Gasteiger partial charge in [0.1, 0.15) is 0 Å². The zero-order chi connectivity index (χ0) is 16.0. The van der Waals surface area contributed by atoms with Crippen molar-refractivity contribution in [2.24, 2.45) is 0 Å². The molecule has 1 heterocycles. The first kappa shape index (κ1) is 16.6. The number of hydrogen-bond acceptors (Lipinski definition) is 4. The van der Waals surface area contributed by atoms with E-state index in [9.17, 15) is 8.42 Å². The van der Waals surface area contributed by atoms with E-state index in [4.69, 9.17) is 5.11 Å². The van der Waals surface area contributed by atoms with Gasteiger partial charge in [-0.05, 0) is 31.0 Å². The van der Waals surface area contributed by atoms with Crippen molar-refractivity contribution in [2.45, 2.75) is 31.0 Å². The van der Waals surface area contributed by atoms with Gasteiger partial charge in [-0.1, -0.05) is 36.4 Å². The molecule has 0 spiro atoms. The van der Waals surface area contributed by atoms with Gasteiger partial charge in [-0.25, -0.2) is 13.4 Å². The number of hydrogen-bond donors (Lipinski definition) is 1. The van der Waals surface area contributed by atoms with Gasteiger partial charge in [0.05, 0.1) is 0 Å². The molecule has 22 heavy (non-hydrogen) atoms. The number of aliphatic hydroxyl groups is 1. The fraction of sp³-hybridized carbons (Fsp3) is 0.312. The van der Waals surface area contributed by atoms with E-state index in [1.807, 2.05) is 30.3 Å². The summed E-state index contributed by atoms with van der Waals surface area (Å²) in [6.07, 6.45) is 1.84. The molecule has 2 rings (SSSR count). The molecule has 6 heteroatoms. The Balaban J connectivity index is 2.36. The molecule has 1 atom stereocenters. The maximum absolute atomic E-state index is 12.8.